The molecule has 0 aromatic heterocycles. The Morgan fingerprint density at radius 2 is 1.48 bits per heavy atom. The third-order valence-electron chi connectivity index (χ3n) is 6.13. The Morgan fingerprint density at radius 1 is 0.825 bits per heavy atom. The predicted molar refractivity (Wildman–Crippen MR) is 156 cm³/mol. The topological polar surface area (TPSA) is 117 Å². The van der Waals surface area contributed by atoms with Crippen molar-refractivity contribution in [1.82, 2.24) is 5.32 Å². The first-order chi connectivity index (χ1) is 19.3. The zero-order chi connectivity index (χ0) is 28.4. The third kappa shape index (κ3) is 9.10. The van der Waals surface area contributed by atoms with Crippen molar-refractivity contribution in [3.05, 3.63) is 120 Å². The van der Waals surface area contributed by atoms with E-state index >= 15 is 0 Å². The average molecular weight is 563 g/mol. The summed E-state index contributed by atoms with van der Waals surface area (Å²) in [7, 11) is -3.58. The molecule has 0 spiro atoms. The summed E-state index contributed by atoms with van der Waals surface area (Å²) in [5.41, 5.74) is 2.69. The summed E-state index contributed by atoms with van der Waals surface area (Å²) in [4.78, 5) is 0. The Kier molecular flexibility index (Phi) is 10.2. The maximum atomic E-state index is 12.0. The molecule has 0 saturated heterocycles. The zero-order valence-corrected chi connectivity index (χ0v) is 23.1. The molecule has 1 unspecified atom stereocenters. The van der Waals surface area contributed by atoms with Gasteiger partial charge in [0.25, 0.3) is 0 Å². The van der Waals surface area contributed by atoms with Crippen LogP contribution in [0.15, 0.2) is 103 Å². The minimum Gasteiger partial charge on any atom is -0.487 e. The van der Waals surface area contributed by atoms with E-state index < -0.39 is 16.1 Å². The summed E-state index contributed by atoms with van der Waals surface area (Å²) >= 11 is 0. The summed E-state index contributed by atoms with van der Waals surface area (Å²) in [5.74, 6) is 1.82. The maximum Gasteiger partial charge on any atom is 0.229 e. The number of para-hydroxylation sites is 1. The third-order valence-corrected chi connectivity index (χ3v) is 6.72. The Morgan fingerprint density at radius 3 is 2.12 bits per heavy atom. The number of ether oxygens (including phenoxy) is 2. The van der Waals surface area contributed by atoms with E-state index in [9.17, 15) is 18.6 Å². The van der Waals surface area contributed by atoms with E-state index in [1.807, 2.05) is 84.9 Å². The van der Waals surface area contributed by atoms with Gasteiger partial charge in [0.15, 0.2) is 0 Å². The number of aliphatic hydroxyl groups is 2. The number of benzene rings is 4. The minimum absolute atomic E-state index is 0.123. The van der Waals surface area contributed by atoms with Crippen molar-refractivity contribution in [2.45, 2.75) is 25.2 Å². The van der Waals surface area contributed by atoms with Crippen LogP contribution in [-0.4, -0.2) is 44.1 Å². The zero-order valence-electron chi connectivity index (χ0n) is 22.2. The Bertz CT molecular complexity index is 1450. The summed E-state index contributed by atoms with van der Waals surface area (Å²) in [6, 6.07) is 31.3. The van der Waals surface area contributed by atoms with Crippen LogP contribution in [0.2, 0.25) is 0 Å². The molecule has 0 heterocycles. The lowest BCUT2D eigenvalue weighted by Crippen LogP contribution is -2.37. The van der Waals surface area contributed by atoms with E-state index in [0.29, 0.717) is 23.5 Å². The van der Waals surface area contributed by atoms with Gasteiger partial charge in [-0.3, -0.25) is 4.72 Å². The van der Waals surface area contributed by atoms with Crippen molar-refractivity contribution in [2.75, 3.05) is 24.1 Å². The minimum atomic E-state index is -3.58. The second kappa shape index (κ2) is 14.0. The fourth-order valence-electron chi connectivity index (χ4n) is 4.10. The number of sulfonamides is 1. The standard InChI is InChI=1S/C31H34N2O6S/c1-40(36,37)33-29-19-25(14-17-31(29)38-22-24-8-4-2-5-9-24)30(35)20-32-26(21-34)18-23-12-15-28(16-13-23)39-27-10-6-3-7-11-27/h2-17,19,26,30,32-35H,18,20-22H2,1H3/t26?,30-/m0/s1. The van der Waals surface area contributed by atoms with Gasteiger partial charge in [0.2, 0.25) is 10.0 Å². The second-order valence-corrected chi connectivity index (χ2v) is 11.2. The van der Waals surface area contributed by atoms with Crippen LogP contribution in [0.5, 0.6) is 17.2 Å². The van der Waals surface area contributed by atoms with Crippen molar-refractivity contribution in [1.29, 1.82) is 0 Å². The lowest BCUT2D eigenvalue weighted by Gasteiger charge is -2.21. The molecule has 40 heavy (non-hydrogen) atoms. The molecule has 0 radical (unpaired) electrons. The van der Waals surface area contributed by atoms with E-state index in [1.54, 1.807) is 18.2 Å². The van der Waals surface area contributed by atoms with E-state index in [2.05, 4.69) is 10.0 Å². The summed E-state index contributed by atoms with van der Waals surface area (Å²) in [5, 5.41) is 24.0. The number of hydrogen-bond acceptors (Lipinski definition) is 7. The quantitative estimate of drug-likeness (QED) is 0.177. The molecule has 0 amide bonds. The number of aliphatic hydroxyl groups excluding tert-OH is 2. The first kappa shape index (κ1) is 29.1. The lowest BCUT2D eigenvalue weighted by atomic mass is 10.0. The average Bonchev–Trinajstić information content (AvgIpc) is 2.95. The van der Waals surface area contributed by atoms with Gasteiger partial charge in [0.1, 0.15) is 23.9 Å². The van der Waals surface area contributed by atoms with Crippen LogP contribution in [-0.2, 0) is 23.1 Å². The molecule has 0 bridgehead atoms. The van der Waals surface area contributed by atoms with Gasteiger partial charge in [-0.15, -0.1) is 0 Å². The molecular weight excluding hydrogens is 528 g/mol. The Balaban J connectivity index is 1.36. The molecule has 8 nitrogen and oxygen atoms in total. The highest BCUT2D eigenvalue weighted by molar-refractivity contribution is 7.92. The van der Waals surface area contributed by atoms with Gasteiger partial charge < -0.3 is 25.0 Å². The van der Waals surface area contributed by atoms with Gasteiger partial charge in [-0.1, -0.05) is 66.7 Å². The first-order valence-electron chi connectivity index (χ1n) is 12.9. The van der Waals surface area contributed by atoms with Gasteiger partial charge in [-0.2, -0.15) is 0 Å². The van der Waals surface area contributed by atoms with Crippen LogP contribution >= 0.6 is 0 Å². The van der Waals surface area contributed by atoms with Crippen LogP contribution in [0, 0.1) is 0 Å². The van der Waals surface area contributed by atoms with Crippen molar-refractivity contribution >= 4 is 15.7 Å². The van der Waals surface area contributed by atoms with Gasteiger partial charge >= 0.3 is 0 Å². The maximum absolute atomic E-state index is 12.0. The summed E-state index contributed by atoms with van der Waals surface area (Å²) in [6.45, 7) is 0.297. The van der Waals surface area contributed by atoms with Crippen LogP contribution in [0.25, 0.3) is 0 Å². The monoisotopic (exact) mass is 562 g/mol. The lowest BCUT2D eigenvalue weighted by molar-refractivity contribution is 0.158. The van der Waals surface area contributed by atoms with Gasteiger partial charge in [-0.25, -0.2) is 8.42 Å². The fraction of sp³-hybridized carbons (Fsp3) is 0.226. The van der Waals surface area contributed by atoms with E-state index in [0.717, 1.165) is 23.1 Å². The molecule has 0 fully saturated rings. The van der Waals surface area contributed by atoms with Gasteiger partial charge in [0.05, 0.1) is 24.7 Å². The van der Waals surface area contributed by atoms with Crippen LogP contribution in [0.3, 0.4) is 0 Å². The van der Waals surface area contributed by atoms with Crippen LogP contribution in [0.4, 0.5) is 5.69 Å². The predicted octanol–water partition coefficient (Wildman–Crippen LogP) is 4.66. The molecule has 2 atom stereocenters. The normalized spacial score (nSPS) is 12.9. The van der Waals surface area contributed by atoms with E-state index in [-0.39, 0.29) is 31.5 Å². The molecule has 0 saturated carbocycles. The van der Waals surface area contributed by atoms with Crippen LogP contribution in [0.1, 0.15) is 22.8 Å². The summed E-state index contributed by atoms with van der Waals surface area (Å²) in [6.07, 6.45) is 0.659. The molecule has 4 N–H and O–H groups in total. The first-order valence-corrected chi connectivity index (χ1v) is 14.8. The molecule has 0 aliphatic heterocycles. The Labute approximate surface area is 235 Å². The van der Waals surface area contributed by atoms with Crippen molar-refractivity contribution in [3.8, 4) is 17.2 Å². The number of nitrogens with one attached hydrogen (secondary N) is 2. The van der Waals surface area contributed by atoms with Crippen molar-refractivity contribution in [3.63, 3.8) is 0 Å². The Hall–Kier alpha value is -3.89. The van der Waals surface area contributed by atoms with Gasteiger partial charge in [0, 0.05) is 12.6 Å². The highest BCUT2D eigenvalue weighted by Gasteiger charge is 2.17. The largest absolute Gasteiger partial charge is 0.487 e. The molecule has 4 rings (SSSR count). The van der Waals surface area contributed by atoms with E-state index in [1.165, 1.54) is 0 Å². The highest BCUT2D eigenvalue weighted by Crippen LogP contribution is 2.30. The smallest absolute Gasteiger partial charge is 0.229 e. The number of anilines is 1. The molecule has 0 aliphatic rings. The van der Waals surface area contributed by atoms with Gasteiger partial charge in [-0.05, 0) is 59.5 Å². The van der Waals surface area contributed by atoms with E-state index in [4.69, 9.17) is 9.47 Å². The second-order valence-electron chi connectivity index (χ2n) is 9.47. The number of hydrogen-bond donors (Lipinski definition) is 4. The molecule has 9 heteroatoms. The molecule has 4 aromatic rings. The fourth-order valence-corrected chi connectivity index (χ4v) is 4.65. The number of rotatable bonds is 14. The SMILES string of the molecule is CS(=O)(=O)Nc1cc([C@@H](O)CNC(CO)Cc2ccc(Oc3ccccc3)cc2)ccc1OCc1ccccc1. The molecule has 210 valence electrons. The van der Waals surface area contributed by atoms with Crippen molar-refractivity contribution < 1.29 is 28.1 Å². The molecule has 4 aromatic carbocycles. The summed E-state index contributed by atoms with van der Waals surface area (Å²) < 4.78 is 38.1. The highest BCUT2D eigenvalue weighted by atomic mass is 32.2. The van der Waals surface area contributed by atoms with Crippen LogP contribution < -0.4 is 19.5 Å². The molecule has 0 aliphatic carbocycles. The molecular formula is C31H34N2O6S. The van der Waals surface area contributed by atoms with Crippen molar-refractivity contribution in [2.24, 2.45) is 0 Å².